The van der Waals surface area contributed by atoms with Gasteiger partial charge in [-0.1, -0.05) is 30.3 Å². The minimum Gasteiger partial charge on any atom is -0.488 e. The lowest BCUT2D eigenvalue weighted by molar-refractivity contribution is 0.100. The highest BCUT2D eigenvalue weighted by Crippen LogP contribution is 2.44. The molecule has 0 saturated heterocycles. The van der Waals surface area contributed by atoms with Gasteiger partial charge in [-0.15, -0.1) is 11.3 Å². The highest BCUT2D eigenvalue weighted by atomic mass is 32.1. The fourth-order valence-corrected chi connectivity index (χ4v) is 3.83. The molecule has 24 heavy (non-hydrogen) atoms. The van der Waals surface area contributed by atoms with Gasteiger partial charge in [0.15, 0.2) is 0 Å². The van der Waals surface area contributed by atoms with Crippen LogP contribution in [0.5, 0.6) is 5.75 Å². The molecule has 3 aromatic rings. The lowest BCUT2D eigenvalue weighted by Gasteiger charge is -2.27. The van der Waals surface area contributed by atoms with E-state index in [1.54, 1.807) is 6.20 Å². The molecule has 5 nitrogen and oxygen atoms in total. The summed E-state index contributed by atoms with van der Waals surface area (Å²) in [6, 6.07) is 9.89. The van der Waals surface area contributed by atoms with Crippen LogP contribution in [0, 0.1) is 0 Å². The van der Waals surface area contributed by atoms with Crippen molar-refractivity contribution in [1.29, 1.82) is 0 Å². The Morgan fingerprint density at radius 1 is 1.25 bits per heavy atom. The Bertz CT molecular complexity index is 917. The molecule has 1 aliphatic rings. The predicted molar refractivity (Wildman–Crippen MR) is 96.3 cm³/mol. The van der Waals surface area contributed by atoms with E-state index in [0.29, 0.717) is 21.1 Å². The van der Waals surface area contributed by atoms with Crippen LogP contribution in [0.1, 0.15) is 28.9 Å². The van der Waals surface area contributed by atoms with Crippen LogP contribution in [0.2, 0.25) is 0 Å². The minimum absolute atomic E-state index is 0.224. The third-order valence-electron chi connectivity index (χ3n) is 4.35. The SMILES string of the molecule is NC(=O)c1sc2ncc(OC3CCC3)c(-c3ccccc3)c2c1N. The fourth-order valence-electron chi connectivity index (χ4n) is 2.90. The van der Waals surface area contributed by atoms with E-state index in [1.165, 1.54) is 17.8 Å². The molecule has 0 radical (unpaired) electrons. The van der Waals surface area contributed by atoms with E-state index < -0.39 is 5.91 Å². The number of nitrogens with two attached hydrogens (primary N) is 2. The molecule has 2 heterocycles. The topological polar surface area (TPSA) is 91.2 Å². The Labute approximate surface area is 143 Å². The average molecular weight is 339 g/mol. The quantitative estimate of drug-likeness (QED) is 0.760. The number of nitrogen functional groups attached to an aromatic ring is 1. The maximum atomic E-state index is 11.7. The zero-order chi connectivity index (χ0) is 16.7. The van der Waals surface area contributed by atoms with E-state index in [-0.39, 0.29) is 6.10 Å². The third kappa shape index (κ3) is 2.39. The van der Waals surface area contributed by atoms with Gasteiger partial charge in [0.25, 0.3) is 5.91 Å². The van der Waals surface area contributed by atoms with Crippen molar-refractivity contribution in [1.82, 2.24) is 4.98 Å². The second kappa shape index (κ2) is 5.79. The molecular weight excluding hydrogens is 322 g/mol. The monoisotopic (exact) mass is 339 g/mol. The van der Waals surface area contributed by atoms with E-state index in [9.17, 15) is 4.79 Å². The zero-order valence-electron chi connectivity index (χ0n) is 13.0. The third-order valence-corrected chi connectivity index (χ3v) is 5.48. The summed E-state index contributed by atoms with van der Waals surface area (Å²) in [5, 5.41) is 0.747. The molecule has 122 valence electrons. The van der Waals surface area contributed by atoms with Gasteiger partial charge in [0, 0.05) is 10.9 Å². The first-order valence-electron chi connectivity index (χ1n) is 7.88. The van der Waals surface area contributed by atoms with Gasteiger partial charge in [0.1, 0.15) is 15.5 Å². The Morgan fingerprint density at radius 2 is 2.00 bits per heavy atom. The van der Waals surface area contributed by atoms with Crippen molar-refractivity contribution in [2.75, 3.05) is 5.73 Å². The van der Waals surface area contributed by atoms with Crippen molar-refractivity contribution < 1.29 is 9.53 Å². The number of hydrogen-bond acceptors (Lipinski definition) is 5. The van der Waals surface area contributed by atoms with Crippen LogP contribution < -0.4 is 16.2 Å². The molecule has 0 unspecified atom stereocenters. The Hall–Kier alpha value is -2.60. The van der Waals surface area contributed by atoms with E-state index in [1.807, 2.05) is 30.3 Å². The highest BCUT2D eigenvalue weighted by molar-refractivity contribution is 7.21. The number of ether oxygens (including phenoxy) is 1. The standard InChI is InChI=1S/C18H17N3O2S/c19-15-14-13(10-5-2-1-3-6-10)12(23-11-7-4-8-11)9-21-18(14)24-16(15)17(20)22/h1-3,5-6,9,11H,4,7-8,19H2,(H2,20,22). The molecule has 0 aliphatic heterocycles. The van der Waals surface area contributed by atoms with E-state index in [0.717, 1.165) is 29.4 Å². The van der Waals surface area contributed by atoms with Gasteiger partial charge < -0.3 is 16.2 Å². The Balaban J connectivity index is 1.97. The molecule has 4 N–H and O–H groups in total. The van der Waals surface area contributed by atoms with Crippen LogP contribution in [0.25, 0.3) is 21.3 Å². The van der Waals surface area contributed by atoms with Crippen LogP contribution in [-0.2, 0) is 0 Å². The first-order chi connectivity index (χ1) is 11.6. The van der Waals surface area contributed by atoms with Crippen LogP contribution in [0.3, 0.4) is 0 Å². The molecule has 4 rings (SSSR count). The molecule has 1 amide bonds. The number of anilines is 1. The van der Waals surface area contributed by atoms with Crippen LogP contribution in [-0.4, -0.2) is 17.0 Å². The van der Waals surface area contributed by atoms with Crippen molar-refractivity contribution in [2.24, 2.45) is 5.73 Å². The van der Waals surface area contributed by atoms with Crippen molar-refractivity contribution in [3.05, 3.63) is 41.4 Å². The maximum absolute atomic E-state index is 11.7. The van der Waals surface area contributed by atoms with E-state index in [4.69, 9.17) is 16.2 Å². The number of amides is 1. The van der Waals surface area contributed by atoms with Gasteiger partial charge >= 0.3 is 0 Å². The van der Waals surface area contributed by atoms with E-state index in [2.05, 4.69) is 4.98 Å². The number of pyridine rings is 1. The molecule has 1 saturated carbocycles. The number of carbonyl (C=O) groups is 1. The summed E-state index contributed by atoms with van der Waals surface area (Å²) in [5.74, 6) is 0.176. The first-order valence-corrected chi connectivity index (χ1v) is 8.69. The molecule has 0 atom stereocenters. The molecule has 1 aromatic carbocycles. The number of hydrogen-bond donors (Lipinski definition) is 2. The van der Waals surface area contributed by atoms with Gasteiger partial charge in [0.05, 0.1) is 18.0 Å². The Morgan fingerprint density at radius 3 is 2.62 bits per heavy atom. The van der Waals surface area contributed by atoms with Crippen LogP contribution in [0.4, 0.5) is 5.69 Å². The molecule has 6 heteroatoms. The van der Waals surface area contributed by atoms with Gasteiger partial charge in [-0.25, -0.2) is 4.98 Å². The number of fused-ring (bicyclic) bond motifs is 1. The van der Waals surface area contributed by atoms with Crippen molar-refractivity contribution in [3.63, 3.8) is 0 Å². The van der Waals surface area contributed by atoms with Gasteiger partial charge in [-0.2, -0.15) is 0 Å². The lowest BCUT2D eigenvalue weighted by Crippen LogP contribution is -2.24. The second-order valence-electron chi connectivity index (χ2n) is 5.92. The van der Waals surface area contributed by atoms with Crippen molar-refractivity contribution in [2.45, 2.75) is 25.4 Å². The number of nitrogens with zero attached hydrogens (tertiary/aromatic N) is 1. The number of rotatable bonds is 4. The number of aromatic nitrogens is 1. The number of carbonyl (C=O) groups excluding carboxylic acids is 1. The zero-order valence-corrected chi connectivity index (χ0v) is 13.8. The minimum atomic E-state index is -0.532. The molecule has 2 aromatic heterocycles. The first kappa shape index (κ1) is 15.0. The Kier molecular flexibility index (Phi) is 3.61. The van der Waals surface area contributed by atoms with Gasteiger partial charge in [-0.3, -0.25) is 4.79 Å². The number of benzene rings is 1. The largest absolute Gasteiger partial charge is 0.488 e. The molecule has 1 fully saturated rings. The summed E-state index contributed by atoms with van der Waals surface area (Å²) >= 11 is 1.22. The smallest absolute Gasteiger partial charge is 0.260 e. The lowest BCUT2D eigenvalue weighted by atomic mass is 9.95. The van der Waals surface area contributed by atoms with E-state index >= 15 is 0 Å². The summed E-state index contributed by atoms with van der Waals surface area (Å²) in [6.07, 6.45) is 5.25. The van der Waals surface area contributed by atoms with Crippen LogP contribution >= 0.6 is 11.3 Å². The summed E-state index contributed by atoms with van der Waals surface area (Å²) in [4.78, 5) is 17.1. The molecule has 0 spiro atoms. The summed E-state index contributed by atoms with van der Waals surface area (Å²) < 4.78 is 6.14. The highest BCUT2D eigenvalue weighted by Gasteiger charge is 2.25. The summed E-state index contributed by atoms with van der Waals surface area (Å²) in [5.41, 5.74) is 13.9. The van der Waals surface area contributed by atoms with Gasteiger partial charge in [0.2, 0.25) is 0 Å². The molecule has 1 aliphatic carbocycles. The van der Waals surface area contributed by atoms with Crippen molar-refractivity contribution in [3.8, 4) is 16.9 Å². The van der Waals surface area contributed by atoms with Gasteiger partial charge in [-0.05, 0) is 24.8 Å². The number of primary amides is 1. The summed E-state index contributed by atoms with van der Waals surface area (Å²) in [6.45, 7) is 0. The second-order valence-corrected chi connectivity index (χ2v) is 6.92. The molecular formula is C18H17N3O2S. The predicted octanol–water partition coefficient (Wildman–Crippen LogP) is 3.58. The van der Waals surface area contributed by atoms with Crippen LogP contribution in [0.15, 0.2) is 36.5 Å². The average Bonchev–Trinajstić information content (AvgIpc) is 2.89. The number of thiophene rings is 1. The normalized spacial score (nSPS) is 14.5. The molecule has 0 bridgehead atoms. The summed E-state index contributed by atoms with van der Waals surface area (Å²) in [7, 11) is 0. The van der Waals surface area contributed by atoms with Crippen molar-refractivity contribution >= 4 is 33.1 Å². The fraction of sp³-hybridized carbons (Fsp3) is 0.222. The maximum Gasteiger partial charge on any atom is 0.260 e.